The first-order chi connectivity index (χ1) is 12.1. The normalized spacial score (nSPS) is 21.4. The summed E-state index contributed by atoms with van der Waals surface area (Å²) in [5.41, 5.74) is 0.989. The van der Waals surface area contributed by atoms with Gasteiger partial charge in [-0.15, -0.1) is 11.8 Å². The average Bonchev–Trinajstić information content (AvgIpc) is 3.21. The number of carbonyl (C=O) groups excluding carboxylic acids is 1. The first kappa shape index (κ1) is 17.0. The van der Waals surface area contributed by atoms with Crippen molar-refractivity contribution in [2.45, 2.75) is 62.8 Å². The molecule has 1 aliphatic heterocycles. The van der Waals surface area contributed by atoms with E-state index in [1.165, 1.54) is 25.7 Å². The maximum absolute atomic E-state index is 12.2. The maximum atomic E-state index is 12.2. The third kappa shape index (κ3) is 3.89. The quantitative estimate of drug-likeness (QED) is 0.781. The van der Waals surface area contributed by atoms with Crippen molar-refractivity contribution in [3.63, 3.8) is 0 Å². The van der Waals surface area contributed by atoms with E-state index in [9.17, 15) is 9.59 Å². The highest BCUT2D eigenvalue weighted by Crippen LogP contribution is 2.35. The summed E-state index contributed by atoms with van der Waals surface area (Å²) in [6.07, 6.45) is 7.34. The Kier molecular flexibility index (Phi) is 4.80. The number of amides is 1. The Hall–Kier alpha value is -1.43. The summed E-state index contributed by atoms with van der Waals surface area (Å²) in [4.78, 5) is 26.3. The molecular weight excluding hydrogens is 336 g/mol. The summed E-state index contributed by atoms with van der Waals surface area (Å²) in [7, 11) is 0. The van der Waals surface area contributed by atoms with Crippen LogP contribution in [0.1, 0.15) is 50.3 Å². The van der Waals surface area contributed by atoms with E-state index in [1.807, 2.05) is 34.2 Å². The minimum absolute atomic E-state index is 0.0102. The molecule has 2 aliphatic carbocycles. The Morgan fingerprint density at radius 2 is 1.92 bits per heavy atom. The van der Waals surface area contributed by atoms with Crippen molar-refractivity contribution in [1.29, 1.82) is 0 Å². The summed E-state index contributed by atoms with van der Waals surface area (Å²) in [5, 5.41) is 0.679. The number of aromatic nitrogens is 1. The molecule has 5 nitrogen and oxygen atoms in total. The van der Waals surface area contributed by atoms with E-state index < -0.39 is 0 Å². The molecule has 6 heteroatoms. The zero-order valence-corrected chi connectivity index (χ0v) is 15.6. The highest BCUT2D eigenvalue weighted by atomic mass is 32.2. The van der Waals surface area contributed by atoms with Crippen molar-refractivity contribution < 1.29 is 9.53 Å². The van der Waals surface area contributed by atoms with Crippen molar-refractivity contribution in [2.75, 3.05) is 18.8 Å². The Morgan fingerprint density at radius 3 is 2.56 bits per heavy atom. The summed E-state index contributed by atoms with van der Waals surface area (Å²) in [6, 6.07) is 3.92. The molecule has 3 fully saturated rings. The van der Waals surface area contributed by atoms with Gasteiger partial charge in [-0.1, -0.05) is 12.8 Å². The van der Waals surface area contributed by atoms with Crippen LogP contribution in [0, 0.1) is 6.92 Å². The fraction of sp³-hybridized carbons (Fsp3) is 0.684. The zero-order chi connectivity index (χ0) is 17.4. The minimum Gasteiger partial charge on any atom is -0.486 e. The molecule has 1 aromatic heterocycles. The van der Waals surface area contributed by atoms with Crippen LogP contribution >= 0.6 is 11.8 Å². The van der Waals surface area contributed by atoms with Crippen molar-refractivity contribution in [1.82, 2.24) is 9.47 Å². The van der Waals surface area contributed by atoms with Gasteiger partial charge in [0, 0.05) is 23.1 Å². The fourth-order valence-electron chi connectivity index (χ4n) is 3.80. The third-order valence-electron chi connectivity index (χ3n) is 5.39. The van der Waals surface area contributed by atoms with Crippen molar-refractivity contribution in [3.05, 3.63) is 28.2 Å². The number of pyridine rings is 1. The smallest absolute Gasteiger partial charge is 0.254 e. The topological polar surface area (TPSA) is 51.5 Å². The second-order valence-electron chi connectivity index (χ2n) is 7.53. The molecule has 3 aliphatic rings. The Morgan fingerprint density at radius 1 is 1.20 bits per heavy atom. The van der Waals surface area contributed by atoms with Gasteiger partial charge in [-0.2, -0.15) is 0 Å². The molecule has 2 saturated carbocycles. The van der Waals surface area contributed by atoms with Gasteiger partial charge in [-0.25, -0.2) is 0 Å². The average molecular weight is 362 g/mol. The van der Waals surface area contributed by atoms with Gasteiger partial charge in [0.1, 0.15) is 11.9 Å². The van der Waals surface area contributed by atoms with Crippen LogP contribution < -0.4 is 10.3 Å². The predicted molar refractivity (Wildman–Crippen MR) is 99.4 cm³/mol. The van der Waals surface area contributed by atoms with E-state index >= 15 is 0 Å². The number of aryl methyl sites for hydroxylation is 1. The molecule has 4 rings (SSSR count). The van der Waals surface area contributed by atoms with Crippen LogP contribution in [0.5, 0.6) is 5.75 Å². The molecule has 25 heavy (non-hydrogen) atoms. The lowest BCUT2D eigenvalue weighted by Gasteiger charge is -2.39. The largest absolute Gasteiger partial charge is 0.486 e. The first-order valence-corrected chi connectivity index (χ1v) is 10.4. The van der Waals surface area contributed by atoms with Gasteiger partial charge in [0.25, 0.3) is 5.56 Å². The van der Waals surface area contributed by atoms with E-state index in [0.29, 0.717) is 35.9 Å². The van der Waals surface area contributed by atoms with Crippen LogP contribution in [0.3, 0.4) is 0 Å². The highest BCUT2D eigenvalue weighted by molar-refractivity contribution is 8.00. The van der Waals surface area contributed by atoms with Gasteiger partial charge in [-0.05, 0) is 38.7 Å². The molecule has 1 amide bonds. The maximum Gasteiger partial charge on any atom is 0.254 e. The SMILES string of the molecule is Cc1cc(OC2CN(C(=O)CSC3CCCC3)C2)cc(=O)n1C1CC1. The number of likely N-dealkylation sites (tertiary alicyclic amines) is 1. The standard InChI is InChI=1S/C19H26N2O3S/c1-13-8-15(9-18(22)21(13)14-6-7-14)24-16-10-20(11-16)19(23)12-25-17-4-2-3-5-17/h8-9,14,16-17H,2-7,10-12H2,1H3. The summed E-state index contributed by atoms with van der Waals surface area (Å²) < 4.78 is 7.78. The predicted octanol–water partition coefficient (Wildman–Crippen LogP) is 2.76. The molecule has 0 atom stereocenters. The molecule has 0 unspecified atom stereocenters. The molecule has 136 valence electrons. The summed E-state index contributed by atoms with van der Waals surface area (Å²) >= 11 is 1.81. The second kappa shape index (κ2) is 7.06. The Balaban J connectivity index is 1.25. The van der Waals surface area contributed by atoms with Gasteiger partial charge in [0.05, 0.1) is 18.8 Å². The number of rotatable bonds is 6. The van der Waals surface area contributed by atoms with Crippen molar-refractivity contribution in [2.24, 2.45) is 0 Å². The molecule has 0 aromatic carbocycles. The monoisotopic (exact) mass is 362 g/mol. The van der Waals surface area contributed by atoms with Gasteiger partial charge in [0.15, 0.2) is 0 Å². The Bertz CT molecular complexity index is 701. The number of hydrogen-bond acceptors (Lipinski definition) is 4. The van der Waals surface area contributed by atoms with Crippen LogP contribution in [-0.2, 0) is 4.79 Å². The van der Waals surface area contributed by atoms with Gasteiger partial charge >= 0.3 is 0 Å². The van der Waals surface area contributed by atoms with Crippen LogP contribution in [0.15, 0.2) is 16.9 Å². The minimum atomic E-state index is 0.0102. The highest BCUT2D eigenvalue weighted by Gasteiger charge is 2.33. The number of carbonyl (C=O) groups is 1. The molecule has 0 spiro atoms. The number of nitrogens with zero attached hydrogens (tertiary/aromatic N) is 2. The van der Waals surface area contributed by atoms with Crippen molar-refractivity contribution >= 4 is 17.7 Å². The van der Waals surface area contributed by atoms with E-state index in [0.717, 1.165) is 18.5 Å². The molecule has 0 bridgehead atoms. The second-order valence-corrected chi connectivity index (χ2v) is 8.82. The fourth-order valence-corrected chi connectivity index (χ4v) is 5.02. The van der Waals surface area contributed by atoms with E-state index in [-0.39, 0.29) is 17.6 Å². The molecule has 2 heterocycles. The lowest BCUT2D eigenvalue weighted by atomic mass is 10.1. The third-order valence-corrected chi connectivity index (χ3v) is 6.75. The number of thioether (sulfide) groups is 1. The number of ether oxygens (including phenoxy) is 1. The van der Waals surface area contributed by atoms with Gasteiger partial charge in [-0.3, -0.25) is 9.59 Å². The van der Waals surface area contributed by atoms with Gasteiger partial charge < -0.3 is 14.2 Å². The van der Waals surface area contributed by atoms with E-state index in [4.69, 9.17) is 4.74 Å². The van der Waals surface area contributed by atoms with Crippen LogP contribution in [0.4, 0.5) is 0 Å². The summed E-state index contributed by atoms with van der Waals surface area (Å²) in [6.45, 7) is 3.23. The van der Waals surface area contributed by atoms with Crippen molar-refractivity contribution in [3.8, 4) is 5.75 Å². The van der Waals surface area contributed by atoms with Crippen LogP contribution in [0.2, 0.25) is 0 Å². The molecule has 1 aromatic rings. The van der Waals surface area contributed by atoms with Crippen LogP contribution in [-0.4, -0.2) is 45.6 Å². The van der Waals surface area contributed by atoms with E-state index in [2.05, 4.69) is 0 Å². The zero-order valence-electron chi connectivity index (χ0n) is 14.8. The molecule has 1 saturated heterocycles. The molecule has 0 N–H and O–H groups in total. The molecule has 0 radical (unpaired) electrons. The van der Waals surface area contributed by atoms with Gasteiger partial charge in [0.2, 0.25) is 5.91 Å². The summed E-state index contributed by atoms with van der Waals surface area (Å²) in [5.74, 6) is 1.45. The Labute approximate surface area is 152 Å². The lowest BCUT2D eigenvalue weighted by Crippen LogP contribution is -2.56. The van der Waals surface area contributed by atoms with E-state index in [1.54, 1.807) is 6.07 Å². The first-order valence-electron chi connectivity index (χ1n) is 9.39. The molecular formula is C19H26N2O3S. The number of hydrogen-bond donors (Lipinski definition) is 0. The van der Waals surface area contributed by atoms with Crippen LogP contribution in [0.25, 0.3) is 0 Å². The lowest BCUT2D eigenvalue weighted by molar-refractivity contribution is -0.137.